The Morgan fingerprint density at radius 2 is 2.00 bits per heavy atom. The van der Waals surface area contributed by atoms with Crippen molar-refractivity contribution in [2.75, 3.05) is 5.73 Å². The van der Waals surface area contributed by atoms with Crippen LogP contribution in [0.5, 0.6) is 0 Å². The maximum Gasteiger partial charge on any atom is 0.140 e. The fraction of sp³-hybridized carbons (Fsp3) is 0.0667. The highest BCUT2D eigenvalue weighted by Crippen LogP contribution is 2.26. The van der Waals surface area contributed by atoms with Crippen LogP contribution in [0.2, 0.25) is 0 Å². The Morgan fingerprint density at radius 3 is 2.90 bits per heavy atom. The normalized spacial score (nSPS) is 11.4. The molecule has 0 amide bonds. The van der Waals surface area contributed by atoms with Gasteiger partial charge in [-0.2, -0.15) is 0 Å². The minimum absolute atomic E-state index is 0.728. The first-order chi connectivity index (χ1) is 9.72. The Hall–Kier alpha value is -2.82. The molecule has 0 spiro atoms. The molecule has 0 unspecified atom stereocenters. The average Bonchev–Trinajstić information content (AvgIpc) is 3.02. The predicted molar refractivity (Wildman–Crippen MR) is 80.2 cm³/mol. The number of anilines is 1. The summed E-state index contributed by atoms with van der Waals surface area (Å²) in [7, 11) is 2.01. The van der Waals surface area contributed by atoms with E-state index in [1.165, 1.54) is 0 Å². The van der Waals surface area contributed by atoms with Crippen molar-refractivity contribution >= 4 is 27.8 Å². The van der Waals surface area contributed by atoms with E-state index in [1.54, 1.807) is 6.33 Å². The first-order valence-corrected chi connectivity index (χ1v) is 6.38. The van der Waals surface area contributed by atoms with Gasteiger partial charge < -0.3 is 15.3 Å². The summed E-state index contributed by atoms with van der Waals surface area (Å²) in [4.78, 5) is 12.0. The van der Waals surface area contributed by atoms with Crippen LogP contribution >= 0.6 is 0 Å². The van der Waals surface area contributed by atoms with Crippen molar-refractivity contribution in [1.82, 2.24) is 19.5 Å². The van der Waals surface area contributed by atoms with E-state index in [-0.39, 0.29) is 0 Å². The zero-order valence-electron chi connectivity index (χ0n) is 11.0. The number of hydrogen-bond acceptors (Lipinski definition) is 3. The lowest BCUT2D eigenvalue weighted by molar-refractivity contribution is 0.960. The van der Waals surface area contributed by atoms with Crippen LogP contribution in [-0.2, 0) is 7.05 Å². The third-order valence-corrected chi connectivity index (χ3v) is 3.58. The molecule has 5 nitrogen and oxygen atoms in total. The molecule has 0 bridgehead atoms. The minimum Gasteiger partial charge on any atom is -0.399 e. The lowest BCUT2D eigenvalue weighted by Crippen LogP contribution is -1.92. The van der Waals surface area contributed by atoms with Gasteiger partial charge in [-0.3, -0.25) is 0 Å². The lowest BCUT2D eigenvalue weighted by atomic mass is 10.2. The van der Waals surface area contributed by atoms with Crippen LogP contribution in [-0.4, -0.2) is 19.5 Å². The smallest absolute Gasteiger partial charge is 0.140 e. The molecule has 4 rings (SSSR count). The molecule has 5 heteroatoms. The summed E-state index contributed by atoms with van der Waals surface area (Å²) in [5.41, 5.74) is 11.5. The van der Waals surface area contributed by atoms with E-state index < -0.39 is 0 Å². The third-order valence-electron chi connectivity index (χ3n) is 3.58. The minimum atomic E-state index is 0.728. The summed E-state index contributed by atoms with van der Waals surface area (Å²) < 4.78 is 2.08. The van der Waals surface area contributed by atoms with Crippen molar-refractivity contribution in [3.63, 3.8) is 0 Å². The molecule has 2 heterocycles. The zero-order chi connectivity index (χ0) is 13.7. The second-order valence-corrected chi connectivity index (χ2v) is 4.88. The molecular weight excluding hydrogens is 250 g/mol. The summed E-state index contributed by atoms with van der Waals surface area (Å²) in [6.07, 6.45) is 1.70. The number of aryl methyl sites for hydroxylation is 1. The number of nitrogens with one attached hydrogen (secondary N) is 1. The van der Waals surface area contributed by atoms with Crippen LogP contribution < -0.4 is 5.73 Å². The molecule has 20 heavy (non-hydrogen) atoms. The van der Waals surface area contributed by atoms with Gasteiger partial charge in [-0.25, -0.2) is 9.97 Å². The second kappa shape index (κ2) is 3.84. The molecule has 0 atom stereocenters. The van der Waals surface area contributed by atoms with Gasteiger partial charge in [0, 0.05) is 18.3 Å². The summed E-state index contributed by atoms with van der Waals surface area (Å²) in [5, 5.41) is 0. The summed E-state index contributed by atoms with van der Waals surface area (Å²) in [5.74, 6) is 0.919. The van der Waals surface area contributed by atoms with Crippen molar-refractivity contribution < 1.29 is 0 Å². The van der Waals surface area contributed by atoms with Crippen molar-refractivity contribution in [3.8, 4) is 11.4 Å². The van der Waals surface area contributed by atoms with Crippen molar-refractivity contribution in [1.29, 1.82) is 0 Å². The maximum absolute atomic E-state index is 5.82. The topological polar surface area (TPSA) is 72.5 Å². The summed E-state index contributed by atoms with van der Waals surface area (Å²) in [6.45, 7) is 0. The van der Waals surface area contributed by atoms with Crippen molar-refractivity contribution in [3.05, 3.63) is 42.7 Å². The molecule has 0 aliphatic heterocycles. The molecule has 0 radical (unpaired) electrons. The van der Waals surface area contributed by atoms with Gasteiger partial charge >= 0.3 is 0 Å². The van der Waals surface area contributed by atoms with Crippen LogP contribution in [0.3, 0.4) is 0 Å². The average molecular weight is 263 g/mol. The van der Waals surface area contributed by atoms with E-state index in [4.69, 9.17) is 5.73 Å². The summed E-state index contributed by atoms with van der Waals surface area (Å²) >= 11 is 0. The second-order valence-electron chi connectivity index (χ2n) is 4.88. The number of aromatic nitrogens is 4. The Kier molecular flexibility index (Phi) is 2.12. The third kappa shape index (κ3) is 1.50. The first kappa shape index (κ1) is 11.0. The highest BCUT2D eigenvalue weighted by molar-refractivity contribution is 5.86. The van der Waals surface area contributed by atoms with Crippen molar-refractivity contribution in [2.45, 2.75) is 0 Å². The molecule has 0 saturated heterocycles. The SMILES string of the molecule is Cn1c(-c2ccc3nc[nH]c3c2)nc2cc(N)ccc21. The Morgan fingerprint density at radius 1 is 1.10 bits per heavy atom. The number of fused-ring (bicyclic) bond motifs is 2. The zero-order valence-corrected chi connectivity index (χ0v) is 11.0. The molecule has 4 aromatic rings. The molecule has 98 valence electrons. The molecule has 0 saturated carbocycles. The fourth-order valence-corrected chi connectivity index (χ4v) is 2.55. The lowest BCUT2D eigenvalue weighted by Gasteiger charge is -2.02. The molecule has 0 aliphatic rings. The number of nitrogen functional groups attached to an aromatic ring is 1. The standard InChI is InChI=1S/C15H13N5/c1-20-14-5-3-10(16)7-13(14)19-15(20)9-2-4-11-12(6-9)18-8-17-11/h2-8H,16H2,1H3,(H,17,18). The number of imidazole rings is 2. The van der Waals surface area contributed by atoms with Crippen LogP contribution in [0.25, 0.3) is 33.5 Å². The van der Waals surface area contributed by atoms with Gasteiger partial charge in [-0.05, 0) is 36.4 Å². The number of aromatic amines is 1. The fourth-order valence-electron chi connectivity index (χ4n) is 2.55. The van der Waals surface area contributed by atoms with Crippen LogP contribution in [0.1, 0.15) is 0 Å². The predicted octanol–water partition coefficient (Wildman–Crippen LogP) is 2.70. The molecule has 2 aromatic carbocycles. The molecule has 0 aliphatic carbocycles. The van der Waals surface area contributed by atoms with E-state index in [2.05, 4.69) is 25.6 Å². The number of H-pyrrole nitrogens is 1. The molecule has 0 fully saturated rings. The first-order valence-electron chi connectivity index (χ1n) is 6.38. The van der Waals surface area contributed by atoms with Gasteiger partial charge in [0.1, 0.15) is 5.82 Å². The van der Waals surface area contributed by atoms with E-state index in [0.717, 1.165) is 39.1 Å². The monoisotopic (exact) mass is 263 g/mol. The number of hydrogen-bond donors (Lipinski definition) is 2. The summed E-state index contributed by atoms with van der Waals surface area (Å²) in [6, 6.07) is 11.9. The Balaban J connectivity index is 1.98. The number of nitrogens with zero attached hydrogens (tertiary/aromatic N) is 3. The van der Waals surface area contributed by atoms with E-state index >= 15 is 0 Å². The van der Waals surface area contributed by atoms with Gasteiger partial charge in [-0.1, -0.05) is 0 Å². The number of nitrogens with two attached hydrogens (primary N) is 1. The Bertz CT molecular complexity index is 932. The van der Waals surface area contributed by atoms with Crippen molar-refractivity contribution in [2.24, 2.45) is 7.05 Å². The quantitative estimate of drug-likeness (QED) is 0.519. The highest BCUT2D eigenvalue weighted by atomic mass is 15.1. The molecule has 2 aromatic heterocycles. The van der Waals surface area contributed by atoms with Crippen LogP contribution in [0, 0.1) is 0 Å². The van der Waals surface area contributed by atoms with Gasteiger partial charge in [0.25, 0.3) is 0 Å². The number of benzene rings is 2. The molecule has 3 N–H and O–H groups in total. The van der Waals surface area contributed by atoms with E-state index in [1.807, 2.05) is 37.4 Å². The van der Waals surface area contributed by atoms with Gasteiger partial charge in [0.15, 0.2) is 0 Å². The highest BCUT2D eigenvalue weighted by Gasteiger charge is 2.10. The number of rotatable bonds is 1. The van der Waals surface area contributed by atoms with E-state index in [0.29, 0.717) is 0 Å². The molecular formula is C15H13N5. The largest absolute Gasteiger partial charge is 0.399 e. The maximum atomic E-state index is 5.82. The van der Waals surface area contributed by atoms with Gasteiger partial charge in [-0.15, -0.1) is 0 Å². The van der Waals surface area contributed by atoms with Crippen LogP contribution in [0.15, 0.2) is 42.7 Å². The van der Waals surface area contributed by atoms with Crippen LogP contribution in [0.4, 0.5) is 5.69 Å². The van der Waals surface area contributed by atoms with E-state index in [9.17, 15) is 0 Å². The van der Waals surface area contributed by atoms with Gasteiger partial charge in [0.05, 0.1) is 28.4 Å². The Labute approximate surface area is 115 Å². The van der Waals surface area contributed by atoms with Gasteiger partial charge in [0.2, 0.25) is 0 Å².